The molecule has 0 bridgehead atoms. The van der Waals surface area contributed by atoms with Crippen molar-refractivity contribution < 1.29 is 19.1 Å². The van der Waals surface area contributed by atoms with Crippen molar-refractivity contribution in [2.24, 2.45) is 0 Å². The minimum atomic E-state index is -0.176. The summed E-state index contributed by atoms with van der Waals surface area (Å²) in [5.74, 6) is 0.422. The zero-order valence-corrected chi connectivity index (χ0v) is 21.6. The van der Waals surface area contributed by atoms with Gasteiger partial charge in [0.2, 0.25) is 5.91 Å². The third-order valence-corrected chi connectivity index (χ3v) is 6.75. The van der Waals surface area contributed by atoms with E-state index < -0.39 is 0 Å². The van der Waals surface area contributed by atoms with Crippen LogP contribution in [0.2, 0.25) is 0 Å². The fourth-order valence-electron chi connectivity index (χ4n) is 3.71. The van der Waals surface area contributed by atoms with Crippen LogP contribution in [0.1, 0.15) is 39.7 Å². The van der Waals surface area contributed by atoms with E-state index in [0.717, 1.165) is 10.4 Å². The van der Waals surface area contributed by atoms with Gasteiger partial charge in [-0.2, -0.15) is 0 Å². The second-order valence-electron chi connectivity index (χ2n) is 8.27. The number of hydrogen-bond acceptors (Lipinski definition) is 5. The van der Waals surface area contributed by atoms with Gasteiger partial charge in [-0.3, -0.25) is 9.59 Å². The summed E-state index contributed by atoms with van der Waals surface area (Å²) in [5, 5.41) is 2.04. The van der Waals surface area contributed by atoms with Crippen LogP contribution >= 0.6 is 11.3 Å². The molecule has 0 saturated heterocycles. The van der Waals surface area contributed by atoms with E-state index in [1.165, 1.54) is 5.56 Å². The molecule has 2 aromatic carbocycles. The van der Waals surface area contributed by atoms with Crippen molar-refractivity contribution in [2.45, 2.75) is 33.4 Å². The van der Waals surface area contributed by atoms with Crippen molar-refractivity contribution in [1.29, 1.82) is 0 Å². The van der Waals surface area contributed by atoms with E-state index in [4.69, 9.17) is 9.47 Å². The molecule has 0 radical (unpaired) electrons. The molecule has 1 aromatic heterocycles. The SMILES string of the molecule is CCOCCCN(CC(=O)N(Cc1ccccc1)Cc1sccc1C)C(=O)c1ccc(OC)cc1. The quantitative estimate of drug-likeness (QED) is 0.308. The second-order valence-corrected chi connectivity index (χ2v) is 9.27. The van der Waals surface area contributed by atoms with Gasteiger partial charge in [-0.15, -0.1) is 11.3 Å². The molecular formula is C28H34N2O4S. The first-order valence-corrected chi connectivity index (χ1v) is 12.8. The third-order valence-electron chi connectivity index (χ3n) is 5.74. The summed E-state index contributed by atoms with van der Waals surface area (Å²) in [6, 6.07) is 19.0. The number of amides is 2. The van der Waals surface area contributed by atoms with Gasteiger partial charge in [0.05, 0.1) is 13.7 Å². The van der Waals surface area contributed by atoms with Crippen LogP contribution in [-0.2, 0) is 22.6 Å². The average molecular weight is 495 g/mol. The topological polar surface area (TPSA) is 59.1 Å². The molecule has 0 spiro atoms. The number of aryl methyl sites for hydroxylation is 1. The first-order chi connectivity index (χ1) is 17.0. The minimum absolute atomic E-state index is 0.00818. The lowest BCUT2D eigenvalue weighted by Crippen LogP contribution is -2.43. The Hall–Kier alpha value is -3.16. The maximum Gasteiger partial charge on any atom is 0.254 e. The zero-order valence-electron chi connectivity index (χ0n) is 20.7. The van der Waals surface area contributed by atoms with Gasteiger partial charge in [0.15, 0.2) is 0 Å². The second kappa shape index (κ2) is 13.7. The lowest BCUT2D eigenvalue weighted by molar-refractivity contribution is -0.133. The fourth-order valence-corrected chi connectivity index (χ4v) is 4.63. The summed E-state index contributed by atoms with van der Waals surface area (Å²) in [6.45, 7) is 6.61. The maximum atomic E-state index is 13.6. The van der Waals surface area contributed by atoms with Crippen LogP contribution in [0.3, 0.4) is 0 Å². The minimum Gasteiger partial charge on any atom is -0.497 e. The molecule has 35 heavy (non-hydrogen) atoms. The highest BCUT2D eigenvalue weighted by atomic mass is 32.1. The number of methoxy groups -OCH3 is 1. The summed E-state index contributed by atoms with van der Waals surface area (Å²) in [6.07, 6.45) is 0.658. The summed E-state index contributed by atoms with van der Waals surface area (Å²) in [4.78, 5) is 31.6. The number of carbonyl (C=O) groups excluding carboxylic acids is 2. The molecule has 7 heteroatoms. The summed E-state index contributed by atoms with van der Waals surface area (Å²) in [5.41, 5.74) is 2.75. The molecule has 3 aromatic rings. The molecule has 0 aliphatic rings. The Morgan fingerprint density at radius 2 is 1.69 bits per heavy atom. The smallest absolute Gasteiger partial charge is 0.254 e. The van der Waals surface area contributed by atoms with Crippen LogP contribution in [0.25, 0.3) is 0 Å². The highest BCUT2D eigenvalue weighted by molar-refractivity contribution is 7.10. The normalized spacial score (nSPS) is 10.7. The number of ether oxygens (including phenoxy) is 2. The van der Waals surface area contributed by atoms with Crippen LogP contribution in [-0.4, -0.2) is 55.0 Å². The number of carbonyl (C=O) groups is 2. The predicted molar refractivity (Wildman–Crippen MR) is 140 cm³/mol. The largest absolute Gasteiger partial charge is 0.497 e. The molecular weight excluding hydrogens is 460 g/mol. The molecule has 0 fully saturated rings. The van der Waals surface area contributed by atoms with E-state index in [2.05, 4.69) is 13.0 Å². The molecule has 0 unspecified atom stereocenters. The molecule has 0 atom stereocenters. The molecule has 186 valence electrons. The van der Waals surface area contributed by atoms with E-state index in [0.29, 0.717) is 50.6 Å². The summed E-state index contributed by atoms with van der Waals surface area (Å²) in [7, 11) is 1.59. The Kier molecular flexibility index (Phi) is 10.3. The standard InChI is InChI=1S/C28H34N2O4S/c1-4-34-17-8-16-29(28(32)24-11-13-25(33-3)14-12-24)21-27(31)30(19-23-9-6-5-7-10-23)20-26-22(2)15-18-35-26/h5-7,9-15,18H,4,8,16-17,19-21H2,1-3H3. The monoisotopic (exact) mass is 494 g/mol. The van der Waals surface area contributed by atoms with Gasteiger partial charge in [0, 0.05) is 36.7 Å². The molecule has 6 nitrogen and oxygen atoms in total. The molecule has 1 heterocycles. The summed E-state index contributed by atoms with van der Waals surface area (Å²) >= 11 is 1.65. The number of rotatable bonds is 13. The van der Waals surface area contributed by atoms with Gasteiger partial charge < -0.3 is 19.3 Å². The molecule has 0 N–H and O–H groups in total. The van der Waals surface area contributed by atoms with Gasteiger partial charge in [-0.25, -0.2) is 0 Å². The Bertz CT molecular complexity index is 1070. The number of thiophene rings is 1. The van der Waals surface area contributed by atoms with Crippen molar-refractivity contribution in [3.05, 3.63) is 87.6 Å². The van der Waals surface area contributed by atoms with Crippen molar-refractivity contribution >= 4 is 23.2 Å². The fraction of sp³-hybridized carbons (Fsp3) is 0.357. The van der Waals surface area contributed by atoms with Crippen molar-refractivity contribution in [1.82, 2.24) is 9.80 Å². The van der Waals surface area contributed by atoms with Gasteiger partial charge in [-0.1, -0.05) is 30.3 Å². The van der Waals surface area contributed by atoms with Crippen molar-refractivity contribution in [3.63, 3.8) is 0 Å². The van der Waals surface area contributed by atoms with Gasteiger partial charge in [0.1, 0.15) is 12.3 Å². The lowest BCUT2D eigenvalue weighted by Gasteiger charge is -2.28. The van der Waals surface area contributed by atoms with E-state index in [1.807, 2.05) is 47.5 Å². The van der Waals surface area contributed by atoms with Crippen molar-refractivity contribution in [3.8, 4) is 5.75 Å². The van der Waals surface area contributed by atoms with E-state index >= 15 is 0 Å². The summed E-state index contributed by atoms with van der Waals surface area (Å²) < 4.78 is 10.7. The average Bonchev–Trinajstić information content (AvgIpc) is 3.29. The molecule has 2 amide bonds. The lowest BCUT2D eigenvalue weighted by atomic mass is 10.1. The van der Waals surface area contributed by atoms with Crippen LogP contribution in [0.15, 0.2) is 66.0 Å². The Labute approximate surface area is 212 Å². The van der Waals surface area contributed by atoms with Crippen LogP contribution in [0, 0.1) is 6.92 Å². The Morgan fingerprint density at radius 3 is 2.31 bits per heavy atom. The molecule has 3 rings (SSSR count). The molecule has 0 saturated carbocycles. The number of benzene rings is 2. The third kappa shape index (κ3) is 7.94. The highest BCUT2D eigenvalue weighted by Crippen LogP contribution is 2.20. The van der Waals surface area contributed by atoms with E-state index in [-0.39, 0.29) is 18.4 Å². The Balaban J connectivity index is 1.79. The highest BCUT2D eigenvalue weighted by Gasteiger charge is 2.23. The number of nitrogens with zero attached hydrogens (tertiary/aromatic N) is 2. The van der Waals surface area contributed by atoms with E-state index in [1.54, 1.807) is 47.6 Å². The Morgan fingerprint density at radius 1 is 0.943 bits per heavy atom. The van der Waals surface area contributed by atoms with Gasteiger partial charge in [0.25, 0.3) is 5.91 Å². The first kappa shape index (κ1) is 26.4. The van der Waals surface area contributed by atoms with Crippen LogP contribution in [0.4, 0.5) is 0 Å². The van der Waals surface area contributed by atoms with Crippen molar-refractivity contribution in [2.75, 3.05) is 33.4 Å². The van der Waals surface area contributed by atoms with Gasteiger partial charge >= 0.3 is 0 Å². The van der Waals surface area contributed by atoms with Crippen LogP contribution in [0.5, 0.6) is 5.75 Å². The zero-order chi connectivity index (χ0) is 25.0. The maximum absolute atomic E-state index is 13.6. The predicted octanol–water partition coefficient (Wildman–Crippen LogP) is 5.16. The van der Waals surface area contributed by atoms with Gasteiger partial charge in [-0.05, 0) is 67.1 Å². The number of hydrogen-bond donors (Lipinski definition) is 0. The first-order valence-electron chi connectivity index (χ1n) is 11.9. The van der Waals surface area contributed by atoms with E-state index in [9.17, 15) is 9.59 Å². The molecule has 0 aliphatic heterocycles. The molecule has 0 aliphatic carbocycles. The van der Waals surface area contributed by atoms with Crippen LogP contribution < -0.4 is 4.74 Å².